The zero-order valence-electron chi connectivity index (χ0n) is 15.3. The lowest BCUT2D eigenvalue weighted by Gasteiger charge is -2.17. The van der Waals surface area contributed by atoms with Crippen molar-refractivity contribution >= 4 is 10.8 Å². The maximum absolute atomic E-state index is 4.38. The molecule has 0 radical (unpaired) electrons. The van der Waals surface area contributed by atoms with Gasteiger partial charge in [0.15, 0.2) is 0 Å². The Bertz CT molecular complexity index is 1240. The summed E-state index contributed by atoms with van der Waals surface area (Å²) in [4.78, 5) is 8.71. The first-order valence-corrected chi connectivity index (χ1v) is 9.34. The van der Waals surface area contributed by atoms with Crippen LogP contribution in [0, 0.1) is 0 Å². The lowest BCUT2D eigenvalue weighted by atomic mass is 9.87. The van der Waals surface area contributed by atoms with Crippen LogP contribution in [0.5, 0.6) is 0 Å². The third-order valence-corrected chi connectivity index (χ3v) is 5.07. The molecule has 0 atom stereocenters. The monoisotopic (exact) mass is 358 g/mol. The molecule has 0 spiro atoms. The van der Waals surface area contributed by atoms with Gasteiger partial charge in [-0.05, 0) is 45.2 Å². The quantitative estimate of drug-likeness (QED) is 0.362. The van der Waals surface area contributed by atoms with Gasteiger partial charge >= 0.3 is 0 Å². The normalized spacial score (nSPS) is 10.9. The molecule has 5 rings (SSSR count). The number of aromatic nitrogens is 2. The van der Waals surface area contributed by atoms with Crippen LogP contribution in [0.1, 0.15) is 0 Å². The second kappa shape index (κ2) is 7.09. The van der Waals surface area contributed by atoms with Crippen LogP contribution in [0.15, 0.2) is 110 Å². The maximum Gasteiger partial charge on any atom is 0.0346 e. The van der Waals surface area contributed by atoms with Crippen molar-refractivity contribution in [3.8, 4) is 33.4 Å². The predicted molar refractivity (Wildman–Crippen MR) is 116 cm³/mol. The number of hydrogen-bond acceptors (Lipinski definition) is 2. The highest BCUT2D eigenvalue weighted by Crippen LogP contribution is 2.41. The number of nitrogens with zero attached hydrogens (tertiary/aromatic N) is 2. The summed E-state index contributed by atoms with van der Waals surface area (Å²) >= 11 is 0. The van der Waals surface area contributed by atoms with Crippen molar-refractivity contribution in [2.24, 2.45) is 0 Å². The van der Waals surface area contributed by atoms with Gasteiger partial charge in [-0.1, -0.05) is 72.8 Å². The molecule has 0 bridgehead atoms. The van der Waals surface area contributed by atoms with Gasteiger partial charge < -0.3 is 0 Å². The largest absolute Gasteiger partial charge is 0.264 e. The Balaban J connectivity index is 1.86. The highest BCUT2D eigenvalue weighted by molar-refractivity contribution is 6.03. The van der Waals surface area contributed by atoms with E-state index in [4.69, 9.17) is 0 Å². The van der Waals surface area contributed by atoms with Gasteiger partial charge in [0.05, 0.1) is 0 Å². The number of hydrogen-bond donors (Lipinski definition) is 0. The second-order valence-electron chi connectivity index (χ2n) is 6.74. The molecule has 0 amide bonds. The highest BCUT2D eigenvalue weighted by atomic mass is 14.6. The summed E-state index contributed by atoms with van der Waals surface area (Å²) in [7, 11) is 0. The first-order valence-electron chi connectivity index (χ1n) is 9.34. The third kappa shape index (κ3) is 2.85. The van der Waals surface area contributed by atoms with Crippen molar-refractivity contribution in [3.05, 3.63) is 110 Å². The van der Waals surface area contributed by atoms with Crippen molar-refractivity contribution in [3.63, 3.8) is 0 Å². The molecular weight excluding hydrogens is 340 g/mol. The molecule has 0 aliphatic carbocycles. The Morgan fingerprint density at radius 3 is 1.89 bits per heavy atom. The first-order chi connectivity index (χ1) is 13.9. The van der Waals surface area contributed by atoms with E-state index in [1.54, 1.807) is 0 Å². The van der Waals surface area contributed by atoms with Crippen LogP contribution >= 0.6 is 0 Å². The van der Waals surface area contributed by atoms with E-state index in [9.17, 15) is 0 Å². The average Bonchev–Trinajstić information content (AvgIpc) is 2.79. The van der Waals surface area contributed by atoms with Crippen molar-refractivity contribution < 1.29 is 0 Å². The minimum absolute atomic E-state index is 1.10. The summed E-state index contributed by atoms with van der Waals surface area (Å²) in [6, 6.07) is 29.7. The van der Waals surface area contributed by atoms with Crippen LogP contribution in [0.3, 0.4) is 0 Å². The molecule has 2 heteroatoms. The summed E-state index contributed by atoms with van der Waals surface area (Å²) < 4.78 is 0. The molecule has 2 heterocycles. The topological polar surface area (TPSA) is 25.8 Å². The predicted octanol–water partition coefficient (Wildman–Crippen LogP) is 6.63. The summed E-state index contributed by atoms with van der Waals surface area (Å²) in [6.45, 7) is 0. The molecule has 0 saturated carbocycles. The van der Waals surface area contributed by atoms with Gasteiger partial charge in [0.25, 0.3) is 0 Å². The number of benzene rings is 3. The van der Waals surface area contributed by atoms with E-state index in [-0.39, 0.29) is 0 Å². The zero-order valence-corrected chi connectivity index (χ0v) is 15.3. The molecule has 5 aromatic rings. The molecule has 2 aromatic heterocycles. The van der Waals surface area contributed by atoms with Crippen LogP contribution < -0.4 is 0 Å². The number of fused-ring (bicyclic) bond motifs is 1. The van der Waals surface area contributed by atoms with Crippen LogP contribution in [-0.4, -0.2) is 9.97 Å². The molecule has 0 aliphatic rings. The minimum atomic E-state index is 1.10. The minimum Gasteiger partial charge on any atom is -0.264 e. The van der Waals surface area contributed by atoms with E-state index >= 15 is 0 Å². The van der Waals surface area contributed by atoms with Crippen molar-refractivity contribution in [2.75, 3.05) is 0 Å². The zero-order chi connectivity index (χ0) is 18.8. The highest BCUT2D eigenvalue weighted by Gasteiger charge is 2.15. The molecule has 0 saturated heterocycles. The third-order valence-electron chi connectivity index (χ3n) is 5.07. The van der Waals surface area contributed by atoms with Gasteiger partial charge in [0.2, 0.25) is 0 Å². The summed E-state index contributed by atoms with van der Waals surface area (Å²) in [5.41, 5.74) is 6.97. The van der Waals surface area contributed by atoms with E-state index in [0.717, 1.165) is 16.7 Å². The van der Waals surface area contributed by atoms with Crippen molar-refractivity contribution in [1.29, 1.82) is 0 Å². The fraction of sp³-hybridized carbons (Fsp3) is 0. The Hall–Kier alpha value is -3.78. The Morgan fingerprint density at radius 1 is 0.464 bits per heavy atom. The Morgan fingerprint density at radius 2 is 1.11 bits per heavy atom. The lowest BCUT2D eigenvalue weighted by molar-refractivity contribution is 1.32. The van der Waals surface area contributed by atoms with E-state index in [1.807, 2.05) is 36.9 Å². The summed E-state index contributed by atoms with van der Waals surface area (Å²) in [5, 5.41) is 2.49. The molecule has 3 aromatic carbocycles. The molecular formula is C26H18N2. The SMILES string of the molecule is c1cncc(-c2cccc(-c3cccc4ccccc34)c2-c2cccnc2)c1. The molecule has 0 aliphatic heterocycles. The van der Waals surface area contributed by atoms with E-state index in [0.29, 0.717) is 0 Å². The van der Waals surface area contributed by atoms with Crippen molar-refractivity contribution in [2.45, 2.75) is 0 Å². The van der Waals surface area contributed by atoms with E-state index in [1.165, 1.54) is 27.5 Å². The summed E-state index contributed by atoms with van der Waals surface area (Å²) in [5.74, 6) is 0. The van der Waals surface area contributed by atoms with Crippen LogP contribution in [-0.2, 0) is 0 Å². The van der Waals surface area contributed by atoms with Gasteiger partial charge in [-0.2, -0.15) is 0 Å². The molecule has 0 N–H and O–H groups in total. The number of pyridine rings is 2. The fourth-order valence-corrected chi connectivity index (χ4v) is 3.82. The molecule has 0 fully saturated rings. The molecule has 132 valence electrons. The van der Waals surface area contributed by atoms with E-state index < -0.39 is 0 Å². The molecule has 28 heavy (non-hydrogen) atoms. The van der Waals surface area contributed by atoms with Crippen LogP contribution in [0.2, 0.25) is 0 Å². The Kier molecular flexibility index (Phi) is 4.15. The fourth-order valence-electron chi connectivity index (χ4n) is 3.82. The maximum atomic E-state index is 4.38. The second-order valence-corrected chi connectivity index (χ2v) is 6.74. The molecule has 2 nitrogen and oxygen atoms in total. The summed E-state index contributed by atoms with van der Waals surface area (Å²) in [6.07, 6.45) is 7.47. The smallest absolute Gasteiger partial charge is 0.0346 e. The van der Waals surface area contributed by atoms with Gasteiger partial charge in [0, 0.05) is 35.9 Å². The first kappa shape index (κ1) is 16.4. The lowest BCUT2D eigenvalue weighted by Crippen LogP contribution is -1.92. The van der Waals surface area contributed by atoms with Crippen molar-refractivity contribution in [1.82, 2.24) is 9.97 Å². The molecule has 0 unspecified atom stereocenters. The average molecular weight is 358 g/mol. The Labute approximate surface area is 164 Å². The standard InChI is InChI=1S/C26H18N2/c1-2-11-22-19(7-1)8-3-13-24(22)25-14-4-12-23(20-9-5-15-27-17-20)26(25)21-10-6-16-28-18-21/h1-18H. The van der Waals surface area contributed by atoms with Gasteiger partial charge in [-0.25, -0.2) is 0 Å². The van der Waals surface area contributed by atoms with Crippen LogP contribution in [0.25, 0.3) is 44.2 Å². The van der Waals surface area contributed by atoms with Gasteiger partial charge in [-0.15, -0.1) is 0 Å². The van der Waals surface area contributed by atoms with Crippen LogP contribution in [0.4, 0.5) is 0 Å². The van der Waals surface area contributed by atoms with Gasteiger partial charge in [0.1, 0.15) is 0 Å². The van der Waals surface area contributed by atoms with E-state index in [2.05, 4.69) is 82.8 Å². The van der Waals surface area contributed by atoms with Gasteiger partial charge in [-0.3, -0.25) is 9.97 Å². The number of rotatable bonds is 3.